The first-order valence-electron chi connectivity index (χ1n) is 17.5. The molecule has 1 fully saturated rings. The van der Waals surface area contributed by atoms with Crippen molar-refractivity contribution in [3.8, 4) is 11.5 Å². The molecular weight excluding hydrogens is 584 g/mol. The van der Waals surface area contributed by atoms with Crippen LogP contribution in [0.4, 0.5) is 0 Å². The van der Waals surface area contributed by atoms with Gasteiger partial charge in [0.1, 0.15) is 11.7 Å². The van der Waals surface area contributed by atoms with Gasteiger partial charge in [-0.2, -0.15) is 0 Å². The molecule has 0 aliphatic heterocycles. The van der Waals surface area contributed by atoms with Crippen LogP contribution in [0, 0.1) is 11.8 Å². The maximum atomic E-state index is 6.41. The number of benzene rings is 1. The van der Waals surface area contributed by atoms with Gasteiger partial charge in [0.05, 0.1) is 0 Å². The lowest BCUT2D eigenvalue weighted by Crippen LogP contribution is -2.47. The van der Waals surface area contributed by atoms with Gasteiger partial charge in [0.2, 0.25) is 0 Å². The van der Waals surface area contributed by atoms with Crippen LogP contribution in [-0.4, -0.2) is 63.3 Å². The monoisotopic (exact) mass is 646 g/mol. The van der Waals surface area contributed by atoms with Crippen molar-refractivity contribution in [1.29, 1.82) is 0 Å². The largest absolute Gasteiger partial charge is 0.461 e. The molecule has 6 unspecified atom stereocenters. The molecule has 1 aromatic carbocycles. The molecule has 0 saturated heterocycles. The number of rotatable bonds is 19. The SMILES string of the molecule is CCOC(C)Oc1ccc(C(C)(C)C2CCC(C3=CC(OC(C)OCC)C(C)(OC(C)OCC)C=C3)CC2)cc1OC(C)OCC. The summed E-state index contributed by atoms with van der Waals surface area (Å²) < 4.78 is 47.9. The van der Waals surface area contributed by atoms with Gasteiger partial charge in [-0.1, -0.05) is 26.0 Å². The van der Waals surface area contributed by atoms with Crippen LogP contribution >= 0.6 is 0 Å². The third-order valence-electron chi connectivity index (χ3n) is 9.37. The Morgan fingerprint density at radius 3 is 1.87 bits per heavy atom. The van der Waals surface area contributed by atoms with E-state index in [1.54, 1.807) is 0 Å². The van der Waals surface area contributed by atoms with Crippen molar-refractivity contribution in [2.45, 2.75) is 144 Å². The molecule has 1 saturated carbocycles. The van der Waals surface area contributed by atoms with E-state index in [0.29, 0.717) is 49.8 Å². The summed E-state index contributed by atoms with van der Waals surface area (Å²) in [6.45, 7) is 24.7. The van der Waals surface area contributed by atoms with Gasteiger partial charge in [-0.3, -0.25) is 0 Å². The van der Waals surface area contributed by atoms with Crippen LogP contribution in [0.15, 0.2) is 42.0 Å². The first-order chi connectivity index (χ1) is 21.9. The molecule has 0 N–H and O–H groups in total. The minimum atomic E-state index is -0.654. The fourth-order valence-electron chi connectivity index (χ4n) is 6.79. The Bertz CT molecular complexity index is 1110. The highest BCUT2D eigenvalue weighted by Crippen LogP contribution is 2.47. The van der Waals surface area contributed by atoms with E-state index in [1.165, 1.54) is 11.1 Å². The lowest BCUT2D eigenvalue weighted by Gasteiger charge is -2.42. The third kappa shape index (κ3) is 10.5. The van der Waals surface area contributed by atoms with Crippen LogP contribution in [0.2, 0.25) is 0 Å². The van der Waals surface area contributed by atoms with E-state index in [4.69, 9.17) is 37.9 Å². The van der Waals surface area contributed by atoms with E-state index in [0.717, 1.165) is 25.7 Å². The van der Waals surface area contributed by atoms with Gasteiger partial charge >= 0.3 is 0 Å². The van der Waals surface area contributed by atoms with Crippen molar-refractivity contribution in [2.75, 3.05) is 26.4 Å². The zero-order chi connectivity index (χ0) is 33.9. The molecule has 0 amide bonds. The average Bonchev–Trinajstić information content (AvgIpc) is 2.99. The van der Waals surface area contributed by atoms with Crippen molar-refractivity contribution in [1.82, 2.24) is 0 Å². The zero-order valence-corrected chi connectivity index (χ0v) is 30.4. The molecule has 2 aliphatic rings. The first-order valence-corrected chi connectivity index (χ1v) is 17.5. The van der Waals surface area contributed by atoms with E-state index in [-0.39, 0.29) is 36.7 Å². The zero-order valence-electron chi connectivity index (χ0n) is 30.4. The second kappa shape index (κ2) is 18.0. The number of ether oxygens (including phenoxy) is 8. The van der Waals surface area contributed by atoms with E-state index < -0.39 is 5.60 Å². The van der Waals surface area contributed by atoms with Crippen LogP contribution in [0.5, 0.6) is 11.5 Å². The van der Waals surface area contributed by atoms with E-state index in [2.05, 4.69) is 51.1 Å². The Labute approximate surface area is 279 Å². The standard InChI is InChI=1S/C38H62O8/c1-12-39-26(5)43-34-21-20-33(25-35(34)44-27(6)40-13-2)37(9,10)32-18-16-30(17-19-32)31-22-23-38(11,46-29(8)42-15-4)36(24-31)45-28(7)41-14-3/h20-30,32,36H,12-19H2,1-11H3. The number of allylic oxidation sites excluding steroid dienone is 2. The second-order valence-electron chi connectivity index (χ2n) is 13.1. The fraction of sp³-hybridized carbons (Fsp3) is 0.737. The Hall–Kier alpha value is -1.94. The molecule has 262 valence electrons. The van der Waals surface area contributed by atoms with Crippen molar-refractivity contribution in [2.24, 2.45) is 11.8 Å². The van der Waals surface area contributed by atoms with Crippen molar-refractivity contribution in [3.05, 3.63) is 47.6 Å². The Morgan fingerprint density at radius 2 is 1.28 bits per heavy atom. The molecule has 3 rings (SSSR count). The Kier molecular flexibility index (Phi) is 15.1. The topological polar surface area (TPSA) is 73.8 Å². The van der Waals surface area contributed by atoms with Gasteiger partial charge in [-0.05, 0) is 141 Å². The van der Waals surface area contributed by atoms with E-state index >= 15 is 0 Å². The molecule has 6 atom stereocenters. The Morgan fingerprint density at radius 1 is 0.739 bits per heavy atom. The summed E-state index contributed by atoms with van der Waals surface area (Å²) in [4.78, 5) is 0. The lowest BCUT2D eigenvalue weighted by atomic mass is 9.64. The van der Waals surface area contributed by atoms with Crippen LogP contribution in [0.25, 0.3) is 0 Å². The average molecular weight is 647 g/mol. The first kappa shape index (κ1) is 38.5. The smallest absolute Gasteiger partial charge is 0.197 e. The van der Waals surface area contributed by atoms with Crippen molar-refractivity contribution >= 4 is 0 Å². The Balaban J connectivity index is 1.76. The predicted octanol–water partition coefficient (Wildman–Crippen LogP) is 8.71. The normalized spacial score (nSPS) is 26.2. The second-order valence-corrected chi connectivity index (χ2v) is 13.1. The van der Waals surface area contributed by atoms with Gasteiger partial charge in [0, 0.05) is 26.4 Å². The van der Waals surface area contributed by atoms with E-state index in [9.17, 15) is 0 Å². The maximum Gasteiger partial charge on any atom is 0.197 e. The van der Waals surface area contributed by atoms with Crippen molar-refractivity contribution in [3.63, 3.8) is 0 Å². The van der Waals surface area contributed by atoms with Crippen molar-refractivity contribution < 1.29 is 37.9 Å². The summed E-state index contributed by atoms with van der Waals surface area (Å²) in [7, 11) is 0. The molecule has 0 spiro atoms. The minimum Gasteiger partial charge on any atom is -0.461 e. The van der Waals surface area contributed by atoms with Crippen LogP contribution in [-0.2, 0) is 33.8 Å². The molecular formula is C38H62O8. The predicted molar refractivity (Wildman–Crippen MR) is 182 cm³/mol. The maximum absolute atomic E-state index is 6.41. The molecule has 0 radical (unpaired) electrons. The minimum absolute atomic E-state index is 0.0564. The highest BCUT2D eigenvalue weighted by molar-refractivity contribution is 5.45. The van der Waals surface area contributed by atoms with Gasteiger partial charge in [0.25, 0.3) is 0 Å². The van der Waals surface area contributed by atoms with Gasteiger partial charge in [-0.25, -0.2) is 0 Å². The summed E-state index contributed by atoms with van der Waals surface area (Å²) in [5.74, 6) is 2.33. The molecule has 0 bridgehead atoms. The summed E-state index contributed by atoms with van der Waals surface area (Å²) >= 11 is 0. The molecule has 1 aromatic rings. The van der Waals surface area contributed by atoms with Crippen LogP contribution in [0.1, 0.15) is 107 Å². The summed E-state index contributed by atoms with van der Waals surface area (Å²) in [5, 5.41) is 0. The van der Waals surface area contributed by atoms with Gasteiger partial charge in [0.15, 0.2) is 36.7 Å². The molecule has 0 aromatic heterocycles. The highest BCUT2D eigenvalue weighted by Gasteiger charge is 2.40. The molecule has 8 nitrogen and oxygen atoms in total. The lowest BCUT2D eigenvalue weighted by molar-refractivity contribution is -0.236. The van der Waals surface area contributed by atoms with Gasteiger partial charge < -0.3 is 37.9 Å². The number of hydrogen-bond acceptors (Lipinski definition) is 8. The van der Waals surface area contributed by atoms with Gasteiger partial charge in [-0.15, -0.1) is 0 Å². The molecule has 46 heavy (non-hydrogen) atoms. The molecule has 0 heterocycles. The summed E-state index contributed by atoms with van der Waals surface area (Å²) in [6.07, 6.45) is 9.40. The van der Waals surface area contributed by atoms with Crippen LogP contribution < -0.4 is 9.47 Å². The fourth-order valence-corrected chi connectivity index (χ4v) is 6.79. The quantitative estimate of drug-likeness (QED) is 0.138. The molecule has 2 aliphatic carbocycles. The van der Waals surface area contributed by atoms with Crippen LogP contribution in [0.3, 0.4) is 0 Å². The summed E-state index contributed by atoms with van der Waals surface area (Å²) in [6, 6.07) is 6.32. The van der Waals surface area contributed by atoms with E-state index in [1.807, 2.05) is 61.5 Å². The summed E-state index contributed by atoms with van der Waals surface area (Å²) in [5.41, 5.74) is 1.84. The molecule has 8 heteroatoms. The highest BCUT2D eigenvalue weighted by atomic mass is 16.7. The number of hydrogen-bond donors (Lipinski definition) is 0. The third-order valence-corrected chi connectivity index (χ3v) is 9.37.